The first-order valence-corrected chi connectivity index (χ1v) is 6.11. The molecule has 0 bridgehead atoms. The summed E-state index contributed by atoms with van der Waals surface area (Å²) in [4.78, 5) is 0. The van der Waals surface area contributed by atoms with E-state index in [1.807, 2.05) is 18.2 Å². The van der Waals surface area contributed by atoms with E-state index >= 15 is 0 Å². The fourth-order valence-electron chi connectivity index (χ4n) is 1.93. The van der Waals surface area contributed by atoms with Gasteiger partial charge in [-0.2, -0.15) is 0 Å². The minimum atomic E-state index is 0.0918. The summed E-state index contributed by atoms with van der Waals surface area (Å²) >= 11 is 0. The zero-order valence-electron chi connectivity index (χ0n) is 10.3. The van der Waals surface area contributed by atoms with Gasteiger partial charge in [0.2, 0.25) is 0 Å². The fourth-order valence-corrected chi connectivity index (χ4v) is 1.93. The van der Waals surface area contributed by atoms with Crippen molar-refractivity contribution in [3.05, 3.63) is 23.8 Å². The van der Waals surface area contributed by atoms with Crippen LogP contribution in [0.2, 0.25) is 0 Å². The third-order valence-electron chi connectivity index (χ3n) is 2.86. The molecule has 1 atom stereocenters. The Morgan fingerprint density at radius 3 is 2.83 bits per heavy atom. The molecule has 3 N–H and O–H groups in total. The van der Waals surface area contributed by atoms with Crippen molar-refractivity contribution in [1.82, 2.24) is 5.32 Å². The third kappa shape index (κ3) is 2.95. The Morgan fingerprint density at radius 1 is 1.33 bits per heavy atom. The minimum absolute atomic E-state index is 0.0918. The second-order valence-corrected chi connectivity index (χ2v) is 4.10. The summed E-state index contributed by atoms with van der Waals surface area (Å²) in [6.07, 6.45) is 5.92. The molecule has 0 spiro atoms. The molecular weight excluding hydrogens is 228 g/mol. The highest BCUT2D eigenvalue weighted by Gasteiger charge is 2.15. The van der Waals surface area contributed by atoms with E-state index in [9.17, 15) is 0 Å². The highest BCUT2D eigenvalue weighted by atomic mass is 16.6. The van der Waals surface area contributed by atoms with Crippen LogP contribution in [0.15, 0.2) is 18.2 Å². The average Bonchev–Trinajstić information content (AvgIpc) is 2.43. The molecule has 0 saturated heterocycles. The summed E-state index contributed by atoms with van der Waals surface area (Å²) in [6, 6.07) is 6.01. The number of ether oxygens (including phenoxy) is 2. The smallest absolute Gasteiger partial charge is 0.161 e. The minimum Gasteiger partial charge on any atom is -0.486 e. The lowest BCUT2D eigenvalue weighted by atomic mass is 10.1. The van der Waals surface area contributed by atoms with Gasteiger partial charge in [0.25, 0.3) is 0 Å². The molecule has 1 unspecified atom stereocenters. The van der Waals surface area contributed by atoms with E-state index < -0.39 is 0 Å². The largest absolute Gasteiger partial charge is 0.486 e. The standard InChI is InChI=1S/C14H18N2O2/c1-2-3-6-16-12(10-15)11-4-5-13-14(9-11)18-8-7-17-13/h1,4-5,9,12,16H,3,6-8,10,15H2. The summed E-state index contributed by atoms with van der Waals surface area (Å²) < 4.78 is 11.0. The highest BCUT2D eigenvalue weighted by molar-refractivity contribution is 5.44. The van der Waals surface area contributed by atoms with Gasteiger partial charge in [0.1, 0.15) is 13.2 Å². The van der Waals surface area contributed by atoms with Gasteiger partial charge in [0.15, 0.2) is 11.5 Å². The zero-order chi connectivity index (χ0) is 12.8. The lowest BCUT2D eigenvalue weighted by Crippen LogP contribution is -2.29. The number of benzene rings is 1. The molecule has 0 aliphatic carbocycles. The molecule has 4 nitrogen and oxygen atoms in total. The van der Waals surface area contributed by atoms with E-state index in [2.05, 4.69) is 11.2 Å². The molecule has 1 aliphatic heterocycles. The van der Waals surface area contributed by atoms with E-state index in [4.69, 9.17) is 21.6 Å². The number of rotatable bonds is 5. The predicted molar refractivity (Wildman–Crippen MR) is 70.7 cm³/mol. The topological polar surface area (TPSA) is 56.5 Å². The van der Waals surface area contributed by atoms with E-state index in [1.165, 1.54) is 0 Å². The number of hydrogen-bond donors (Lipinski definition) is 2. The molecule has 1 aromatic carbocycles. The molecular formula is C14H18N2O2. The molecule has 1 aliphatic rings. The van der Waals surface area contributed by atoms with Crippen LogP contribution in [0, 0.1) is 12.3 Å². The summed E-state index contributed by atoms with van der Waals surface area (Å²) in [5.41, 5.74) is 6.87. The molecule has 18 heavy (non-hydrogen) atoms. The number of nitrogens with two attached hydrogens (primary N) is 1. The molecule has 2 rings (SSSR count). The third-order valence-corrected chi connectivity index (χ3v) is 2.86. The van der Waals surface area contributed by atoms with Crippen molar-refractivity contribution in [2.45, 2.75) is 12.5 Å². The van der Waals surface area contributed by atoms with Gasteiger partial charge in [0.05, 0.1) is 0 Å². The Kier molecular flexibility index (Phi) is 4.46. The number of terminal acetylenes is 1. The maximum Gasteiger partial charge on any atom is 0.161 e. The molecule has 0 amide bonds. The lowest BCUT2D eigenvalue weighted by Gasteiger charge is -2.22. The molecule has 1 heterocycles. The Labute approximate surface area is 107 Å². The van der Waals surface area contributed by atoms with E-state index in [0.717, 1.165) is 23.6 Å². The van der Waals surface area contributed by atoms with Crippen molar-refractivity contribution >= 4 is 0 Å². The summed E-state index contributed by atoms with van der Waals surface area (Å²) in [5.74, 6) is 4.18. The van der Waals surface area contributed by atoms with Crippen LogP contribution >= 0.6 is 0 Å². The van der Waals surface area contributed by atoms with Gasteiger partial charge in [-0.15, -0.1) is 12.3 Å². The van der Waals surface area contributed by atoms with Crippen LogP contribution in [0.1, 0.15) is 18.0 Å². The number of nitrogens with one attached hydrogen (secondary N) is 1. The van der Waals surface area contributed by atoms with Crippen LogP contribution in [0.25, 0.3) is 0 Å². The highest BCUT2D eigenvalue weighted by Crippen LogP contribution is 2.32. The molecule has 96 valence electrons. The van der Waals surface area contributed by atoms with Gasteiger partial charge in [-0.25, -0.2) is 0 Å². The van der Waals surface area contributed by atoms with Gasteiger partial charge in [-0.3, -0.25) is 0 Å². The Bertz CT molecular complexity index is 440. The maximum atomic E-state index is 5.78. The van der Waals surface area contributed by atoms with Gasteiger partial charge >= 0.3 is 0 Å². The molecule has 1 aromatic rings. The molecule has 0 saturated carbocycles. The van der Waals surface area contributed by atoms with Crippen molar-refractivity contribution in [1.29, 1.82) is 0 Å². The van der Waals surface area contributed by atoms with Crippen LogP contribution in [-0.4, -0.2) is 26.3 Å². The first-order chi connectivity index (χ1) is 8.85. The van der Waals surface area contributed by atoms with Crippen molar-refractivity contribution in [2.24, 2.45) is 5.73 Å². The Balaban J connectivity index is 2.08. The summed E-state index contributed by atoms with van der Waals surface area (Å²) in [7, 11) is 0. The Morgan fingerprint density at radius 2 is 2.11 bits per heavy atom. The van der Waals surface area contributed by atoms with E-state index in [-0.39, 0.29) is 6.04 Å². The maximum absolute atomic E-state index is 5.78. The lowest BCUT2D eigenvalue weighted by molar-refractivity contribution is 0.171. The predicted octanol–water partition coefficient (Wildman–Crippen LogP) is 1.07. The molecule has 0 aromatic heterocycles. The number of hydrogen-bond acceptors (Lipinski definition) is 4. The summed E-state index contributed by atoms with van der Waals surface area (Å²) in [6.45, 7) is 2.47. The van der Waals surface area contributed by atoms with Gasteiger partial charge in [0, 0.05) is 25.6 Å². The van der Waals surface area contributed by atoms with Gasteiger partial charge in [-0.1, -0.05) is 6.07 Å². The summed E-state index contributed by atoms with van der Waals surface area (Å²) in [5, 5.41) is 3.33. The van der Waals surface area contributed by atoms with E-state index in [0.29, 0.717) is 26.2 Å². The Hall–Kier alpha value is -1.70. The van der Waals surface area contributed by atoms with Crippen LogP contribution in [0.3, 0.4) is 0 Å². The molecule has 0 fully saturated rings. The molecule has 4 heteroatoms. The SMILES string of the molecule is C#CCCNC(CN)c1ccc2c(c1)OCCO2. The van der Waals surface area contributed by atoms with Crippen molar-refractivity contribution in [2.75, 3.05) is 26.3 Å². The second kappa shape index (κ2) is 6.29. The second-order valence-electron chi connectivity index (χ2n) is 4.10. The first-order valence-electron chi connectivity index (χ1n) is 6.11. The van der Waals surface area contributed by atoms with Crippen LogP contribution in [0.5, 0.6) is 11.5 Å². The number of fused-ring (bicyclic) bond motifs is 1. The van der Waals surface area contributed by atoms with E-state index in [1.54, 1.807) is 0 Å². The van der Waals surface area contributed by atoms with Gasteiger partial charge in [-0.05, 0) is 17.7 Å². The average molecular weight is 246 g/mol. The van der Waals surface area contributed by atoms with Crippen molar-refractivity contribution in [3.63, 3.8) is 0 Å². The monoisotopic (exact) mass is 246 g/mol. The van der Waals surface area contributed by atoms with Crippen molar-refractivity contribution in [3.8, 4) is 23.8 Å². The quantitative estimate of drug-likeness (QED) is 0.603. The van der Waals surface area contributed by atoms with Crippen LogP contribution < -0.4 is 20.5 Å². The van der Waals surface area contributed by atoms with Crippen LogP contribution in [-0.2, 0) is 0 Å². The first kappa shape index (κ1) is 12.7. The normalized spacial score (nSPS) is 14.9. The zero-order valence-corrected chi connectivity index (χ0v) is 10.3. The van der Waals surface area contributed by atoms with Gasteiger partial charge < -0.3 is 20.5 Å². The molecule has 0 radical (unpaired) electrons. The van der Waals surface area contributed by atoms with Crippen LogP contribution in [0.4, 0.5) is 0 Å². The fraction of sp³-hybridized carbons (Fsp3) is 0.429. The van der Waals surface area contributed by atoms with Crippen molar-refractivity contribution < 1.29 is 9.47 Å².